The van der Waals surface area contributed by atoms with Gasteiger partial charge in [-0.3, -0.25) is 0 Å². The lowest BCUT2D eigenvalue weighted by Crippen LogP contribution is -2.47. The lowest BCUT2D eigenvalue weighted by Gasteiger charge is -2.39. The molecule has 0 radical (unpaired) electrons. The average molecular weight is 469 g/mol. The van der Waals surface area contributed by atoms with E-state index in [0.717, 1.165) is 31.9 Å². The second-order valence-corrected chi connectivity index (χ2v) is 11.3. The molecule has 3 aromatic carbocycles. The van der Waals surface area contributed by atoms with Gasteiger partial charge in [0.15, 0.2) is 0 Å². The predicted molar refractivity (Wildman–Crippen MR) is 149 cm³/mol. The number of ether oxygens (including phenoxy) is 1. The number of hydrogen-bond donors (Lipinski definition) is 0. The van der Waals surface area contributed by atoms with E-state index in [4.69, 9.17) is 4.74 Å². The fourth-order valence-electron chi connectivity index (χ4n) is 6.40. The van der Waals surface area contributed by atoms with E-state index in [1.54, 1.807) is 0 Å². The van der Waals surface area contributed by atoms with Crippen molar-refractivity contribution in [2.45, 2.75) is 66.9 Å². The Labute approximate surface area is 211 Å². The van der Waals surface area contributed by atoms with Gasteiger partial charge < -0.3 is 14.5 Å². The Morgan fingerprint density at radius 1 is 0.686 bits per heavy atom. The molecule has 1 unspecified atom stereocenters. The van der Waals surface area contributed by atoms with Crippen molar-refractivity contribution in [3.05, 3.63) is 87.0 Å². The van der Waals surface area contributed by atoms with Gasteiger partial charge in [-0.2, -0.15) is 0 Å². The number of piperazine rings is 1. The van der Waals surface area contributed by atoms with Crippen LogP contribution in [0.15, 0.2) is 42.5 Å². The van der Waals surface area contributed by atoms with Crippen molar-refractivity contribution in [2.75, 3.05) is 36.0 Å². The van der Waals surface area contributed by atoms with Crippen molar-refractivity contribution in [1.29, 1.82) is 0 Å². The van der Waals surface area contributed by atoms with E-state index in [1.165, 1.54) is 55.9 Å². The molecule has 3 heteroatoms. The summed E-state index contributed by atoms with van der Waals surface area (Å²) in [5.41, 5.74) is 13.2. The van der Waals surface area contributed by atoms with Crippen molar-refractivity contribution in [3.8, 4) is 5.75 Å². The molecule has 2 aliphatic heterocycles. The highest BCUT2D eigenvalue weighted by Crippen LogP contribution is 2.54. The topological polar surface area (TPSA) is 15.7 Å². The molecule has 184 valence electrons. The maximum atomic E-state index is 6.70. The van der Waals surface area contributed by atoms with E-state index in [2.05, 4.69) is 108 Å². The van der Waals surface area contributed by atoms with Crippen LogP contribution in [0, 0.1) is 41.5 Å². The van der Waals surface area contributed by atoms with Gasteiger partial charge >= 0.3 is 0 Å². The molecular weight excluding hydrogens is 428 g/mol. The first-order chi connectivity index (χ1) is 16.6. The maximum Gasteiger partial charge on any atom is 0.127 e. The van der Waals surface area contributed by atoms with Crippen LogP contribution in [-0.4, -0.2) is 31.8 Å². The molecule has 0 bridgehead atoms. The van der Waals surface area contributed by atoms with Crippen molar-refractivity contribution in [1.82, 2.24) is 0 Å². The van der Waals surface area contributed by atoms with Gasteiger partial charge in [-0.1, -0.05) is 35.9 Å². The second kappa shape index (κ2) is 8.62. The van der Waals surface area contributed by atoms with Gasteiger partial charge in [0.05, 0.1) is 5.92 Å². The van der Waals surface area contributed by atoms with Crippen LogP contribution in [0.3, 0.4) is 0 Å². The first-order valence-electron chi connectivity index (χ1n) is 13.0. The zero-order valence-electron chi connectivity index (χ0n) is 22.7. The third-order valence-electron chi connectivity index (χ3n) is 8.19. The molecule has 3 aromatic rings. The van der Waals surface area contributed by atoms with Crippen LogP contribution in [0.2, 0.25) is 0 Å². The number of benzene rings is 3. The van der Waals surface area contributed by atoms with Crippen LogP contribution in [0.5, 0.6) is 5.75 Å². The molecule has 0 amide bonds. The molecule has 1 atom stereocenters. The molecule has 2 aliphatic rings. The molecule has 0 spiro atoms. The van der Waals surface area contributed by atoms with Crippen molar-refractivity contribution >= 4 is 11.4 Å². The molecule has 1 fully saturated rings. The van der Waals surface area contributed by atoms with Crippen LogP contribution in [0.25, 0.3) is 0 Å². The summed E-state index contributed by atoms with van der Waals surface area (Å²) in [7, 11) is 0. The van der Waals surface area contributed by atoms with Gasteiger partial charge in [-0.15, -0.1) is 0 Å². The van der Waals surface area contributed by atoms with Crippen LogP contribution >= 0.6 is 0 Å². The summed E-state index contributed by atoms with van der Waals surface area (Å²) in [6, 6.07) is 15.9. The van der Waals surface area contributed by atoms with E-state index < -0.39 is 0 Å². The van der Waals surface area contributed by atoms with Gasteiger partial charge in [-0.25, -0.2) is 0 Å². The van der Waals surface area contributed by atoms with Gasteiger partial charge in [0.1, 0.15) is 11.4 Å². The van der Waals surface area contributed by atoms with Crippen LogP contribution in [-0.2, 0) is 0 Å². The summed E-state index contributed by atoms with van der Waals surface area (Å²) in [6.45, 7) is 22.0. The summed E-state index contributed by atoms with van der Waals surface area (Å²) < 4.78 is 6.70. The van der Waals surface area contributed by atoms with Crippen LogP contribution < -0.4 is 14.5 Å². The summed E-state index contributed by atoms with van der Waals surface area (Å²) in [5, 5.41) is 0. The van der Waals surface area contributed by atoms with E-state index >= 15 is 0 Å². The molecule has 2 heterocycles. The number of hydrogen-bond acceptors (Lipinski definition) is 3. The van der Waals surface area contributed by atoms with Gasteiger partial charge in [-0.05, 0) is 101 Å². The van der Waals surface area contributed by atoms with E-state index in [0.29, 0.717) is 0 Å². The number of fused-ring (bicyclic) bond motifs is 1. The highest BCUT2D eigenvalue weighted by atomic mass is 16.5. The summed E-state index contributed by atoms with van der Waals surface area (Å²) in [4.78, 5) is 5.16. The quantitative estimate of drug-likeness (QED) is 0.405. The molecule has 0 N–H and O–H groups in total. The number of anilines is 2. The highest BCUT2D eigenvalue weighted by molar-refractivity contribution is 5.72. The fraction of sp³-hybridized carbons (Fsp3) is 0.438. The minimum Gasteiger partial charge on any atom is -0.486 e. The van der Waals surface area contributed by atoms with Gasteiger partial charge in [0.25, 0.3) is 0 Å². The Morgan fingerprint density at radius 2 is 1.26 bits per heavy atom. The second-order valence-electron chi connectivity index (χ2n) is 11.3. The number of rotatable bonds is 3. The molecule has 1 saturated heterocycles. The Hall–Kier alpha value is -2.94. The largest absolute Gasteiger partial charge is 0.486 e. The van der Waals surface area contributed by atoms with Crippen molar-refractivity contribution < 1.29 is 4.74 Å². The average Bonchev–Trinajstić information content (AvgIpc) is 3.09. The molecule has 35 heavy (non-hydrogen) atoms. The Bertz CT molecular complexity index is 1240. The van der Waals surface area contributed by atoms with Crippen LogP contribution in [0.4, 0.5) is 11.4 Å². The molecule has 0 saturated carbocycles. The molecule has 3 nitrogen and oxygen atoms in total. The van der Waals surface area contributed by atoms with Crippen molar-refractivity contribution in [2.24, 2.45) is 0 Å². The normalized spacial score (nSPS) is 19.0. The SMILES string of the molecule is Cc1ccc(C2c3c(C)c(N4CCN(c5cc(C)cc(C)c5)CC4)c(C)c(C)c3OC2(C)C)cc1. The van der Waals surface area contributed by atoms with Crippen molar-refractivity contribution in [3.63, 3.8) is 0 Å². The third-order valence-corrected chi connectivity index (χ3v) is 8.19. The lowest BCUT2D eigenvalue weighted by atomic mass is 9.78. The first-order valence-corrected chi connectivity index (χ1v) is 13.0. The van der Waals surface area contributed by atoms with E-state index in [-0.39, 0.29) is 11.5 Å². The molecule has 0 aliphatic carbocycles. The van der Waals surface area contributed by atoms with E-state index in [9.17, 15) is 0 Å². The first kappa shape index (κ1) is 23.8. The number of aryl methyl sites for hydroxylation is 3. The standard InChI is InChI=1S/C32H40N2O/c1-20-9-11-26(12-10-20)29-28-25(6)30(23(4)24(5)31(28)35-32(29,7)8)34-15-13-33(14-16-34)27-18-21(2)17-22(3)19-27/h9-12,17-19,29H,13-16H2,1-8H3. The molecular formula is C32H40N2O. The number of nitrogens with zero attached hydrogens (tertiary/aromatic N) is 2. The smallest absolute Gasteiger partial charge is 0.127 e. The Morgan fingerprint density at radius 3 is 1.86 bits per heavy atom. The minimum atomic E-state index is -0.278. The summed E-state index contributed by atoms with van der Waals surface area (Å²) >= 11 is 0. The van der Waals surface area contributed by atoms with Gasteiger partial charge in [0.2, 0.25) is 0 Å². The predicted octanol–water partition coefficient (Wildman–Crippen LogP) is 7.17. The molecule has 5 rings (SSSR count). The zero-order valence-corrected chi connectivity index (χ0v) is 22.7. The molecule has 0 aromatic heterocycles. The maximum absolute atomic E-state index is 6.70. The highest BCUT2D eigenvalue weighted by Gasteiger charge is 2.45. The Balaban J connectivity index is 1.51. The minimum absolute atomic E-state index is 0.229. The lowest BCUT2D eigenvalue weighted by molar-refractivity contribution is 0.121. The summed E-state index contributed by atoms with van der Waals surface area (Å²) in [5.74, 6) is 1.33. The fourth-order valence-corrected chi connectivity index (χ4v) is 6.40. The van der Waals surface area contributed by atoms with E-state index in [1.807, 2.05) is 0 Å². The zero-order chi connectivity index (χ0) is 25.1. The summed E-state index contributed by atoms with van der Waals surface area (Å²) in [6.07, 6.45) is 0. The third kappa shape index (κ3) is 4.09. The van der Waals surface area contributed by atoms with Crippen LogP contribution in [0.1, 0.15) is 64.3 Å². The Kier molecular flexibility index (Phi) is 5.86. The van der Waals surface area contributed by atoms with Gasteiger partial charge in [0, 0.05) is 43.1 Å². The monoisotopic (exact) mass is 468 g/mol.